The Morgan fingerprint density at radius 2 is 2.04 bits per heavy atom. The maximum atomic E-state index is 13.1. The second-order valence-corrected chi connectivity index (χ2v) is 11.9. The lowest BCUT2D eigenvalue weighted by atomic mass is 10.2. The Bertz CT molecular complexity index is 570. The molecule has 0 radical (unpaired) electrons. The van der Waals surface area contributed by atoms with Crippen molar-refractivity contribution in [2.24, 2.45) is 0 Å². The molecule has 0 saturated heterocycles. The molecule has 0 aliphatic carbocycles. The van der Waals surface area contributed by atoms with Gasteiger partial charge in [-0.2, -0.15) is 18.3 Å². The van der Waals surface area contributed by atoms with Crippen molar-refractivity contribution in [2.75, 3.05) is 25.1 Å². The average Bonchev–Trinajstić information content (AvgIpc) is 2.40. The smallest absolute Gasteiger partial charge is 0.395 e. The number of aromatic nitrogens is 2. The van der Waals surface area contributed by atoms with Crippen LogP contribution in [0, 0.1) is 0 Å². The SMILES string of the molecule is C[Si](C)(C)CCOCn1ncc(NCCO)c(C(F)(F)F)c1=O. The van der Waals surface area contributed by atoms with E-state index in [1.54, 1.807) is 0 Å². The fraction of sp³-hybridized carbons (Fsp3) is 0.692. The van der Waals surface area contributed by atoms with Crippen molar-refractivity contribution in [3.8, 4) is 0 Å². The van der Waals surface area contributed by atoms with Gasteiger partial charge in [-0.1, -0.05) is 19.6 Å². The van der Waals surface area contributed by atoms with Crippen molar-refractivity contribution in [1.29, 1.82) is 0 Å². The number of aliphatic hydroxyl groups is 1. The lowest BCUT2D eigenvalue weighted by molar-refractivity contribution is -0.138. The molecule has 1 heterocycles. The first kappa shape index (κ1) is 19.7. The highest BCUT2D eigenvalue weighted by molar-refractivity contribution is 6.76. The summed E-state index contributed by atoms with van der Waals surface area (Å²) in [6, 6.07) is 0.837. The minimum Gasteiger partial charge on any atom is -0.395 e. The molecule has 0 unspecified atom stereocenters. The van der Waals surface area contributed by atoms with Crippen LogP contribution < -0.4 is 10.9 Å². The number of halogens is 3. The first-order chi connectivity index (χ1) is 10.6. The first-order valence-electron chi connectivity index (χ1n) is 7.16. The van der Waals surface area contributed by atoms with Gasteiger partial charge in [0.25, 0.3) is 5.56 Å². The highest BCUT2D eigenvalue weighted by Gasteiger charge is 2.38. The van der Waals surface area contributed by atoms with Crippen LogP contribution in [0.25, 0.3) is 0 Å². The quantitative estimate of drug-likeness (QED) is 0.552. The summed E-state index contributed by atoms with van der Waals surface area (Å²) in [5, 5.41) is 14.7. The molecule has 0 fully saturated rings. The third-order valence-corrected chi connectivity index (χ3v) is 4.67. The predicted molar refractivity (Wildman–Crippen MR) is 83.2 cm³/mol. The van der Waals surface area contributed by atoms with E-state index < -0.39 is 31.1 Å². The van der Waals surface area contributed by atoms with Crippen LogP contribution in [0.15, 0.2) is 11.0 Å². The number of rotatable bonds is 8. The van der Waals surface area contributed by atoms with Crippen LogP contribution in [0.5, 0.6) is 0 Å². The van der Waals surface area contributed by atoms with Crippen molar-refractivity contribution in [1.82, 2.24) is 9.78 Å². The van der Waals surface area contributed by atoms with Crippen LogP contribution in [-0.2, 0) is 17.6 Å². The molecule has 0 spiro atoms. The number of nitrogens with zero attached hydrogens (tertiary/aromatic N) is 2. The van der Waals surface area contributed by atoms with Crippen molar-refractivity contribution < 1.29 is 23.0 Å². The van der Waals surface area contributed by atoms with Crippen LogP contribution in [0.1, 0.15) is 5.56 Å². The van der Waals surface area contributed by atoms with Crippen molar-refractivity contribution in [3.63, 3.8) is 0 Å². The lowest BCUT2D eigenvalue weighted by Gasteiger charge is -2.17. The number of ether oxygens (including phenoxy) is 1. The van der Waals surface area contributed by atoms with Crippen LogP contribution >= 0.6 is 0 Å². The van der Waals surface area contributed by atoms with Crippen LogP contribution in [0.4, 0.5) is 18.9 Å². The molecular weight excluding hydrogens is 331 g/mol. The highest BCUT2D eigenvalue weighted by Crippen LogP contribution is 2.31. The third-order valence-electron chi connectivity index (χ3n) is 2.96. The van der Waals surface area contributed by atoms with Crippen molar-refractivity contribution >= 4 is 13.8 Å². The van der Waals surface area contributed by atoms with Gasteiger partial charge in [-0.05, 0) is 6.04 Å². The van der Waals surface area contributed by atoms with Gasteiger partial charge in [-0.15, -0.1) is 0 Å². The molecule has 23 heavy (non-hydrogen) atoms. The normalized spacial score (nSPS) is 12.5. The Morgan fingerprint density at radius 1 is 1.39 bits per heavy atom. The van der Waals surface area contributed by atoms with Gasteiger partial charge in [0.2, 0.25) is 0 Å². The second-order valence-electron chi connectivity index (χ2n) is 6.23. The number of anilines is 1. The molecule has 1 aromatic heterocycles. The van der Waals surface area contributed by atoms with Gasteiger partial charge in [-0.25, -0.2) is 4.68 Å². The van der Waals surface area contributed by atoms with E-state index in [9.17, 15) is 18.0 Å². The summed E-state index contributed by atoms with van der Waals surface area (Å²) >= 11 is 0. The fourth-order valence-electron chi connectivity index (χ4n) is 1.71. The monoisotopic (exact) mass is 353 g/mol. The van der Waals surface area contributed by atoms with Crippen LogP contribution in [-0.4, -0.2) is 42.7 Å². The standard InChI is InChI=1S/C13H22F3N3O3Si/c1-23(2,3)7-6-22-9-19-12(21)11(13(14,15)16)10(8-18-19)17-4-5-20/h8,17,20H,4-7,9H2,1-3H3. The summed E-state index contributed by atoms with van der Waals surface area (Å²) < 4.78 is 45.2. The van der Waals surface area contributed by atoms with Gasteiger partial charge in [-0.3, -0.25) is 4.79 Å². The van der Waals surface area contributed by atoms with E-state index >= 15 is 0 Å². The topological polar surface area (TPSA) is 76.4 Å². The van der Waals surface area contributed by atoms with E-state index in [-0.39, 0.29) is 19.9 Å². The molecule has 132 valence electrons. The average molecular weight is 353 g/mol. The van der Waals surface area contributed by atoms with Crippen molar-refractivity contribution in [2.45, 2.75) is 38.6 Å². The Balaban J connectivity index is 2.92. The van der Waals surface area contributed by atoms with Gasteiger partial charge in [0.1, 0.15) is 12.3 Å². The minimum absolute atomic E-state index is 0.110. The zero-order chi connectivity index (χ0) is 17.7. The van der Waals surface area contributed by atoms with Gasteiger partial charge >= 0.3 is 6.18 Å². The zero-order valence-corrected chi connectivity index (χ0v) is 14.4. The predicted octanol–water partition coefficient (Wildman–Crippen LogP) is 1.98. The maximum Gasteiger partial charge on any atom is 0.423 e. The zero-order valence-electron chi connectivity index (χ0n) is 13.4. The molecular formula is C13H22F3N3O3Si. The Morgan fingerprint density at radius 3 is 2.57 bits per heavy atom. The molecule has 1 rings (SSSR count). The molecule has 0 aromatic carbocycles. The number of nitrogens with one attached hydrogen (secondary N) is 1. The minimum atomic E-state index is -4.82. The Labute approximate surface area is 133 Å². The van der Waals surface area contributed by atoms with Gasteiger partial charge in [0.05, 0.1) is 18.5 Å². The summed E-state index contributed by atoms with van der Waals surface area (Å²) in [5.74, 6) is 0. The maximum absolute atomic E-state index is 13.1. The highest BCUT2D eigenvalue weighted by atomic mass is 28.3. The summed E-state index contributed by atoms with van der Waals surface area (Å²) in [4.78, 5) is 12.0. The molecule has 0 aliphatic rings. The first-order valence-corrected chi connectivity index (χ1v) is 10.9. The second kappa shape index (κ2) is 7.93. The largest absolute Gasteiger partial charge is 0.423 e. The van der Waals surface area contributed by atoms with Gasteiger partial charge in [0, 0.05) is 21.2 Å². The fourth-order valence-corrected chi connectivity index (χ4v) is 2.47. The lowest BCUT2D eigenvalue weighted by Crippen LogP contribution is -2.33. The molecule has 0 amide bonds. The Kier molecular flexibility index (Phi) is 6.78. The molecule has 0 atom stereocenters. The summed E-state index contributed by atoms with van der Waals surface area (Å²) in [5.41, 5.74) is -3.06. The number of alkyl halides is 3. The molecule has 2 N–H and O–H groups in total. The molecule has 0 aliphatic heterocycles. The molecule has 0 bridgehead atoms. The van der Waals surface area contributed by atoms with Crippen LogP contribution in [0.3, 0.4) is 0 Å². The Hall–Kier alpha value is -1.39. The van der Waals surface area contributed by atoms with Crippen molar-refractivity contribution in [3.05, 3.63) is 22.1 Å². The van der Waals surface area contributed by atoms with E-state index in [2.05, 4.69) is 30.1 Å². The van der Waals surface area contributed by atoms with E-state index in [1.807, 2.05) is 0 Å². The van der Waals surface area contributed by atoms with E-state index in [1.165, 1.54) is 0 Å². The number of hydrogen-bond donors (Lipinski definition) is 2. The molecule has 0 saturated carbocycles. The summed E-state index contributed by atoms with van der Waals surface area (Å²) in [6.45, 7) is 6.00. The van der Waals surface area contributed by atoms with Gasteiger partial charge in [0.15, 0.2) is 0 Å². The molecule has 10 heteroatoms. The summed E-state index contributed by atoms with van der Waals surface area (Å²) in [6.07, 6.45) is -3.90. The number of hydrogen-bond acceptors (Lipinski definition) is 5. The summed E-state index contributed by atoms with van der Waals surface area (Å²) in [7, 11) is -1.32. The van der Waals surface area contributed by atoms with E-state index in [0.29, 0.717) is 11.3 Å². The van der Waals surface area contributed by atoms with Crippen LogP contribution in [0.2, 0.25) is 25.7 Å². The molecule has 6 nitrogen and oxygen atoms in total. The number of aliphatic hydroxyl groups excluding tert-OH is 1. The van der Waals surface area contributed by atoms with E-state index in [4.69, 9.17) is 9.84 Å². The third kappa shape index (κ3) is 6.32. The van der Waals surface area contributed by atoms with E-state index in [0.717, 1.165) is 12.2 Å². The van der Waals surface area contributed by atoms with Gasteiger partial charge < -0.3 is 15.2 Å². The molecule has 1 aromatic rings.